The molecule has 1 aromatic carbocycles. The van der Waals surface area contributed by atoms with E-state index in [1.54, 1.807) is 37.6 Å². The van der Waals surface area contributed by atoms with Crippen LogP contribution < -0.4 is 10.2 Å². The molecule has 7 nitrogen and oxygen atoms in total. The quantitative estimate of drug-likeness (QED) is 0.744. The number of rotatable bonds is 5. The molecule has 8 heteroatoms. The standard InChI is InChI=1S/C18H19ClN6O/c1-4-16(26)23-15-6-5-13(9-14(15)19)25-8-7-20-17(25)12-10-21-18(22-11-12)24(2)3/h5-11H,4H2,1-3H3,(H,23,26). The van der Waals surface area contributed by atoms with Gasteiger partial charge in [0, 0.05) is 51.0 Å². The summed E-state index contributed by atoms with van der Waals surface area (Å²) in [4.78, 5) is 26.5. The summed E-state index contributed by atoms with van der Waals surface area (Å²) in [5.41, 5.74) is 2.20. The van der Waals surface area contributed by atoms with Gasteiger partial charge >= 0.3 is 0 Å². The molecule has 0 aliphatic rings. The summed E-state index contributed by atoms with van der Waals surface area (Å²) in [6.07, 6.45) is 7.41. The van der Waals surface area contributed by atoms with Crippen LogP contribution in [0.4, 0.5) is 11.6 Å². The summed E-state index contributed by atoms with van der Waals surface area (Å²) >= 11 is 6.32. The molecule has 0 spiro atoms. The van der Waals surface area contributed by atoms with Crippen molar-refractivity contribution in [2.45, 2.75) is 13.3 Å². The third kappa shape index (κ3) is 3.67. The second-order valence-corrected chi connectivity index (χ2v) is 6.26. The van der Waals surface area contributed by atoms with Gasteiger partial charge in [-0.15, -0.1) is 0 Å². The number of nitrogens with zero attached hydrogens (tertiary/aromatic N) is 5. The van der Waals surface area contributed by atoms with Gasteiger partial charge < -0.3 is 10.2 Å². The molecule has 0 atom stereocenters. The Kier molecular flexibility index (Phi) is 5.18. The number of aromatic nitrogens is 4. The van der Waals surface area contributed by atoms with E-state index in [0.717, 1.165) is 11.3 Å². The molecule has 0 saturated heterocycles. The number of nitrogens with one attached hydrogen (secondary N) is 1. The van der Waals surface area contributed by atoms with Gasteiger partial charge in [-0.1, -0.05) is 18.5 Å². The van der Waals surface area contributed by atoms with Gasteiger partial charge in [0.2, 0.25) is 11.9 Å². The maximum atomic E-state index is 11.6. The third-order valence-electron chi connectivity index (χ3n) is 3.76. The van der Waals surface area contributed by atoms with E-state index in [2.05, 4.69) is 20.3 Å². The molecule has 0 radical (unpaired) electrons. The molecule has 2 aromatic heterocycles. The minimum absolute atomic E-state index is 0.0823. The zero-order valence-corrected chi connectivity index (χ0v) is 15.5. The average Bonchev–Trinajstić information content (AvgIpc) is 3.13. The van der Waals surface area contributed by atoms with Crippen LogP contribution in [0.25, 0.3) is 17.1 Å². The molecule has 3 rings (SSSR count). The molecule has 3 aromatic rings. The largest absolute Gasteiger partial charge is 0.347 e. The average molecular weight is 371 g/mol. The second kappa shape index (κ2) is 7.53. The first-order chi connectivity index (χ1) is 12.5. The number of hydrogen-bond donors (Lipinski definition) is 1. The van der Waals surface area contributed by atoms with Crippen molar-refractivity contribution in [3.63, 3.8) is 0 Å². The number of anilines is 2. The highest BCUT2D eigenvalue weighted by Gasteiger charge is 2.12. The predicted molar refractivity (Wildman–Crippen MR) is 103 cm³/mol. The minimum Gasteiger partial charge on any atom is -0.347 e. The molecule has 1 N–H and O–H groups in total. The molecule has 0 aliphatic carbocycles. The Morgan fingerprint density at radius 2 is 1.96 bits per heavy atom. The van der Waals surface area contributed by atoms with Gasteiger partial charge in [0.1, 0.15) is 5.82 Å². The van der Waals surface area contributed by atoms with E-state index in [-0.39, 0.29) is 5.91 Å². The van der Waals surface area contributed by atoms with Crippen LogP contribution in [0, 0.1) is 0 Å². The molecular formula is C18H19ClN6O. The van der Waals surface area contributed by atoms with Crippen molar-refractivity contribution < 1.29 is 4.79 Å². The van der Waals surface area contributed by atoms with E-state index in [4.69, 9.17) is 11.6 Å². The molecule has 134 valence electrons. The van der Waals surface area contributed by atoms with E-state index in [9.17, 15) is 4.79 Å². The van der Waals surface area contributed by atoms with Gasteiger partial charge in [-0.2, -0.15) is 0 Å². The normalized spacial score (nSPS) is 10.6. The van der Waals surface area contributed by atoms with Crippen LogP contribution in [-0.4, -0.2) is 39.5 Å². The fourth-order valence-electron chi connectivity index (χ4n) is 2.39. The number of imidazole rings is 1. The zero-order chi connectivity index (χ0) is 18.7. The van der Waals surface area contributed by atoms with Gasteiger partial charge in [-0.3, -0.25) is 9.36 Å². The van der Waals surface area contributed by atoms with E-state index in [0.29, 0.717) is 28.9 Å². The fraction of sp³-hybridized carbons (Fsp3) is 0.222. The van der Waals surface area contributed by atoms with Crippen molar-refractivity contribution >= 4 is 29.1 Å². The lowest BCUT2D eigenvalue weighted by Gasteiger charge is -2.12. The molecule has 2 heterocycles. The summed E-state index contributed by atoms with van der Waals surface area (Å²) in [5, 5.41) is 3.24. The van der Waals surface area contributed by atoms with E-state index in [1.165, 1.54) is 0 Å². The van der Waals surface area contributed by atoms with Crippen LogP contribution in [0.1, 0.15) is 13.3 Å². The number of amides is 1. The minimum atomic E-state index is -0.0823. The van der Waals surface area contributed by atoms with Crippen LogP contribution in [0.3, 0.4) is 0 Å². The molecule has 0 unspecified atom stereocenters. The zero-order valence-electron chi connectivity index (χ0n) is 14.8. The van der Waals surface area contributed by atoms with Gasteiger partial charge in [0.15, 0.2) is 0 Å². The highest BCUT2D eigenvalue weighted by atomic mass is 35.5. The van der Waals surface area contributed by atoms with Gasteiger partial charge in [-0.25, -0.2) is 15.0 Å². The Balaban J connectivity index is 1.93. The maximum Gasteiger partial charge on any atom is 0.224 e. The fourth-order valence-corrected chi connectivity index (χ4v) is 2.61. The predicted octanol–water partition coefficient (Wildman–Crippen LogP) is 3.40. The van der Waals surface area contributed by atoms with Crippen molar-refractivity contribution in [2.24, 2.45) is 0 Å². The smallest absolute Gasteiger partial charge is 0.224 e. The first kappa shape index (κ1) is 17.9. The van der Waals surface area contributed by atoms with E-state index in [1.807, 2.05) is 35.8 Å². The Bertz CT molecular complexity index is 920. The van der Waals surface area contributed by atoms with Gasteiger partial charge in [0.05, 0.1) is 16.3 Å². The third-order valence-corrected chi connectivity index (χ3v) is 4.08. The summed E-state index contributed by atoms with van der Waals surface area (Å²) in [6, 6.07) is 5.44. The summed E-state index contributed by atoms with van der Waals surface area (Å²) in [5.74, 6) is 1.25. The van der Waals surface area contributed by atoms with Crippen LogP contribution in [0.5, 0.6) is 0 Å². The van der Waals surface area contributed by atoms with E-state index >= 15 is 0 Å². The van der Waals surface area contributed by atoms with Crippen molar-refractivity contribution in [1.82, 2.24) is 19.5 Å². The Morgan fingerprint density at radius 1 is 1.23 bits per heavy atom. The van der Waals surface area contributed by atoms with Gasteiger partial charge in [0.25, 0.3) is 0 Å². The first-order valence-electron chi connectivity index (χ1n) is 8.12. The summed E-state index contributed by atoms with van der Waals surface area (Å²) < 4.78 is 1.89. The van der Waals surface area contributed by atoms with Crippen molar-refractivity contribution in [1.29, 1.82) is 0 Å². The Morgan fingerprint density at radius 3 is 2.58 bits per heavy atom. The first-order valence-corrected chi connectivity index (χ1v) is 8.50. The highest BCUT2D eigenvalue weighted by Crippen LogP contribution is 2.27. The van der Waals surface area contributed by atoms with Crippen LogP contribution >= 0.6 is 11.6 Å². The van der Waals surface area contributed by atoms with E-state index < -0.39 is 0 Å². The molecule has 26 heavy (non-hydrogen) atoms. The topological polar surface area (TPSA) is 75.9 Å². The Labute approximate surface area is 156 Å². The number of halogens is 1. The molecule has 1 amide bonds. The lowest BCUT2D eigenvalue weighted by molar-refractivity contribution is -0.115. The molecule has 0 saturated carbocycles. The number of benzene rings is 1. The molecule has 0 fully saturated rings. The summed E-state index contributed by atoms with van der Waals surface area (Å²) in [7, 11) is 3.77. The highest BCUT2D eigenvalue weighted by molar-refractivity contribution is 6.33. The monoisotopic (exact) mass is 370 g/mol. The van der Waals surface area contributed by atoms with Crippen molar-refractivity contribution in [2.75, 3.05) is 24.3 Å². The lowest BCUT2D eigenvalue weighted by atomic mass is 10.2. The molecular weight excluding hydrogens is 352 g/mol. The van der Waals surface area contributed by atoms with Crippen LogP contribution in [0.2, 0.25) is 5.02 Å². The Hall–Kier alpha value is -2.93. The SMILES string of the molecule is CCC(=O)Nc1ccc(-n2ccnc2-c2cnc(N(C)C)nc2)cc1Cl. The van der Waals surface area contributed by atoms with Crippen molar-refractivity contribution in [3.8, 4) is 17.1 Å². The molecule has 0 aliphatic heterocycles. The number of hydrogen-bond acceptors (Lipinski definition) is 5. The lowest BCUT2D eigenvalue weighted by Crippen LogP contribution is -2.12. The van der Waals surface area contributed by atoms with Crippen LogP contribution in [-0.2, 0) is 4.79 Å². The van der Waals surface area contributed by atoms with Crippen LogP contribution in [0.15, 0.2) is 43.0 Å². The van der Waals surface area contributed by atoms with Crippen molar-refractivity contribution in [3.05, 3.63) is 48.0 Å². The second-order valence-electron chi connectivity index (χ2n) is 5.85. The number of carbonyl (C=O) groups is 1. The van der Waals surface area contributed by atoms with Gasteiger partial charge in [-0.05, 0) is 18.2 Å². The summed E-state index contributed by atoms with van der Waals surface area (Å²) in [6.45, 7) is 1.79. The molecule has 0 bridgehead atoms. The maximum absolute atomic E-state index is 11.6. The number of carbonyl (C=O) groups excluding carboxylic acids is 1.